The van der Waals surface area contributed by atoms with Gasteiger partial charge in [0.25, 0.3) is 0 Å². The summed E-state index contributed by atoms with van der Waals surface area (Å²) in [4.78, 5) is 25.4. The van der Waals surface area contributed by atoms with Crippen LogP contribution < -0.4 is 0 Å². The number of carboxylic acids is 2. The maximum atomic E-state index is 10.8. The highest BCUT2D eigenvalue weighted by Crippen LogP contribution is 2.38. The molecule has 26 heavy (non-hydrogen) atoms. The topological polar surface area (TPSA) is 126 Å². The van der Waals surface area contributed by atoms with Crippen LogP contribution in [0.5, 0.6) is 0 Å². The van der Waals surface area contributed by atoms with E-state index in [1.807, 2.05) is 6.92 Å². The average Bonchev–Trinajstić information content (AvgIpc) is 3.15. The highest BCUT2D eigenvalue weighted by atomic mass is 16.4. The van der Waals surface area contributed by atoms with Crippen LogP contribution in [0.2, 0.25) is 0 Å². The normalized spacial score (nSPS) is 21.8. The SMILES string of the molecule is CC1(O)CCCC1n1cncn1.Cc1ccc(C(=O)O)c(C)c1C(=O)O. The Morgan fingerprint density at radius 2 is 1.92 bits per heavy atom. The minimum atomic E-state index is -1.11. The number of benzene rings is 1. The lowest BCUT2D eigenvalue weighted by Gasteiger charge is -2.24. The Morgan fingerprint density at radius 3 is 2.38 bits per heavy atom. The lowest BCUT2D eigenvalue weighted by Crippen LogP contribution is -2.31. The maximum absolute atomic E-state index is 10.8. The summed E-state index contributed by atoms with van der Waals surface area (Å²) in [6.07, 6.45) is 6.10. The number of aliphatic hydroxyl groups is 1. The molecule has 2 aromatic rings. The van der Waals surface area contributed by atoms with Gasteiger partial charge >= 0.3 is 11.9 Å². The van der Waals surface area contributed by atoms with Crippen molar-refractivity contribution in [2.24, 2.45) is 0 Å². The van der Waals surface area contributed by atoms with Gasteiger partial charge in [-0.2, -0.15) is 5.10 Å². The van der Waals surface area contributed by atoms with Crippen LogP contribution in [0, 0.1) is 13.8 Å². The molecular formula is C18H23N3O5. The lowest BCUT2D eigenvalue weighted by molar-refractivity contribution is 0.0220. The van der Waals surface area contributed by atoms with Gasteiger partial charge in [0.15, 0.2) is 0 Å². The van der Waals surface area contributed by atoms with E-state index in [2.05, 4.69) is 10.1 Å². The summed E-state index contributed by atoms with van der Waals surface area (Å²) in [6.45, 7) is 5.01. The zero-order valence-electron chi connectivity index (χ0n) is 15.0. The monoisotopic (exact) mass is 361 g/mol. The molecule has 1 aromatic heterocycles. The van der Waals surface area contributed by atoms with Gasteiger partial charge in [-0.1, -0.05) is 6.07 Å². The number of aromatic carboxylic acids is 2. The van der Waals surface area contributed by atoms with Crippen molar-refractivity contribution in [2.75, 3.05) is 0 Å². The standard InChI is InChI=1S/C10H10O4.C8H13N3O/c1-5-3-4-7(9(11)12)6(2)8(5)10(13)14;1-8(12)4-2-3-7(8)11-6-9-5-10-11/h3-4H,1-2H3,(H,11,12)(H,13,14);5-7,12H,2-4H2,1H3. The fourth-order valence-corrected chi connectivity index (χ4v) is 3.33. The van der Waals surface area contributed by atoms with E-state index in [0.717, 1.165) is 19.3 Å². The summed E-state index contributed by atoms with van der Waals surface area (Å²) < 4.78 is 1.76. The molecule has 3 N–H and O–H groups in total. The lowest BCUT2D eigenvalue weighted by atomic mass is 9.98. The van der Waals surface area contributed by atoms with Gasteiger partial charge in [0, 0.05) is 0 Å². The first kappa shape index (κ1) is 19.6. The fraction of sp³-hybridized carbons (Fsp3) is 0.444. The molecule has 1 heterocycles. The molecule has 2 unspecified atom stereocenters. The van der Waals surface area contributed by atoms with E-state index in [0.29, 0.717) is 11.1 Å². The van der Waals surface area contributed by atoms with Gasteiger partial charge in [-0.3, -0.25) is 0 Å². The van der Waals surface area contributed by atoms with Crippen LogP contribution in [0.4, 0.5) is 0 Å². The molecule has 8 heteroatoms. The minimum Gasteiger partial charge on any atom is -0.478 e. The zero-order chi connectivity index (χ0) is 19.5. The summed E-state index contributed by atoms with van der Waals surface area (Å²) in [5, 5.41) is 31.6. The van der Waals surface area contributed by atoms with Crippen LogP contribution in [-0.2, 0) is 0 Å². The molecule has 1 aromatic carbocycles. The molecule has 1 aliphatic carbocycles. The Bertz CT molecular complexity index is 799. The minimum absolute atomic E-state index is 0.0352. The molecule has 140 valence electrons. The molecule has 0 bridgehead atoms. The smallest absolute Gasteiger partial charge is 0.336 e. The summed E-state index contributed by atoms with van der Waals surface area (Å²) in [7, 11) is 0. The highest BCUT2D eigenvalue weighted by Gasteiger charge is 2.38. The molecule has 3 rings (SSSR count). The number of aromatic nitrogens is 3. The number of aryl methyl sites for hydroxylation is 1. The third kappa shape index (κ3) is 4.08. The summed E-state index contributed by atoms with van der Waals surface area (Å²) in [5.74, 6) is -2.20. The van der Waals surface area contributed by atoms with E-state index >= 15 is 0 Å². The van der Waals surface area contributed by atoms with Gasteiger partial charge < -0.3 is 15.3 Å². The van der Waals surface area contributed by atoms with Gasteiger partial charge in [0.1, 0.15) is 12.7 Å². The average molecular weight is 361 g/mol. The molecule has 1 saturated carbocycles. The van der Waals surface area contributed by atoms with E-state index in [1.54, 1.807) is 17.9 Å². The van der Waals surface area contributed by atoms with Crippen LogP contribution in [0.3, 0.4) is 0 Å². The van der Waals surface area contributed by atoms with Crippen molar-refractivity contribution >= 4 is 11.9 Å². The Hall–Kier alpha value is -2.74. The molecule has 1 aliphatic rings. The van der Waals surface area contributed by atoms with Gasteiger partial charge in [0.2, 0.25) is 0 Å². The van der Waals surface area contributed by atoms with Crippen LogP contribution in [0.15, 0.2) is 24.8 Å². The number of hydrogen-bond donors (Lipinski definition) is 3. The van der Waals surface area contributed by atoms with E-state index in [-0.39, 0.29) is 17.2 Å². The van der Waals surface area contributed by atoms with Gasteiger partial charge in [-0.15, -0.1) is 0 Å². The Morgan fingerprint density at radius 1 is 1.23 bits per heavy atom. The highest BCUT2D eigenvalue weighted by molar-refractivity contribution is 5.97. The van der Waals surface area contributed by atoms with Crippen molar-refractivity contribution < 1.29 is 24.9 Å². The molecular weight excluding hydrogens is 338 g/mol. The molecule has 0 radical (unpaired) electrons. The number of carbonyl (C=O) groups is 2. The first-order chi connectivity index (χ1) is 12.1. The molecule has 1 fully saturated rings. The predicted molar refractivity (Wildman–Crippen MR) is 93.4 cm³/mol. The second-order valence-electron chi connectivity index (χ2n) is 6.68. The largest absolute Gasteiger partial charge is 0.478 e. The van der Waals surface area contributed by atoms with E-state index < -0.39 is 17.5 Å². The number of nitrogens with zero attached hydrogens (tertiary/aromatic N) is 3. The summed E-state index contributed by atoms with van der Waals surface area (Å²) >= 11 is 0. The van der Waals surface area contributed by atoms with Crippen molar-refractivity contribution in [1.29, 1.82) is 0 Å². The number of rotatable bonds is 3. The van der Waals surface area contributed by atoms with Crippen molar-refractivity contribution in [2.45, 2.75) is 51.7 Å². The molecule has 0 aliphatic heterocycles. The second kappa shape index (κ2) is 7.65. The van der Waals surface area contributed by atoms with Crippen molar-refractivity contribution in [3.63, 3.8) is 0 Å². The second-order valence-corrected chi connectivity index (χ2v) is 6.68. The fourth-order valence-electron chi connectivity index (χ4n) is 3.33. The molecule has 0 saturated heterocycles. The van der Waals surface area contributed by atoms with Crippen LogP contribution in [0.25, 0.3) is 0 Å². The number of hydrogen-bond acceptors (Lipinski definition) is 5. The Labute approximate surface area is 151 Å². The Kier molecular flexibility index (Phi) is 5.76. The van der Waals surface area contributed by atoms with Gasteiger partial charge in [-0.25, -0.2) is 19.3 Å². The molecule has 0 amide bonds. The first-order valence-corrected chi connectivity index (χ1v) is 8.28. The van der Waals surface area contributed by atoms with Crippen LogP contribution >= 0.6 is 0 Å². The van der Waals surface area contributed by atoms with E-state index in [1.165, 1.54) is 25.4 Å². The Balaban J connectivity index is 0.000000189. The van der Waals surface area contributed by atoms with Gasteiger partial charge in [0.05, 0.1) is 22.8 Å². The van der Waals surface area contributed by atoms with Crippen molar-refractivity contribution in [1.82, 2.24) is 14.8 Å². The number of carboxylic acid groups (broad SMARTS) is 2. The third-order valence-electron chi connectivity index (χ3n) is 4.75. The van der Waals surface area contributed by atoms with Crippen molar-refractivity contribution in [3.8, 4) is 0 Å². The van der Waals surface area contributed by atoms with Crippen molar-refractivity contribution in [3.05, 3.63) is 47.0 Å². The first-order valence-electron chi connectivity index (χ1n) is 8.28. The molecule has 2 atom stereocenters. The van der Waals surface area contributed by atoms with Crippen LogP contribution in [-0.4, -0.2) is 47.6 Å². The summed E-state index contributed by atoms with van der Waals surface area (Å²) in [6, 6.07) is 3.03. The molecule has 0 spiro atoms. The zero-order valence-corrected chi connectivity index (χ0v) is 15.0. The predicted octanol–water partition coefficient (Wildman–Crippen LogP) is 2.45. The van der Waals surface area contributed by atoms with E-state index in [4.69, 9.17) is 10.2 Å². The van der Waals surface area contributed by atoms with Gasteiger partial charge in [-0.05, 0) is 57.2 Å². The molecule has 8 nitrogen and oxygen atoms in total. The third-order valence-corrected chi connectivity index (χ3v) is 4.75. The van der Waals surface area contributed by atoms with E-state index in [9.17, 15) is 14.7 Å². The summed E-state index contributed by atoms with van der Waals surface area (Å²) in [5.41, 5.74) is 0.371. The van der Waals surface area contributed by atoms with Crippen LogP contribution in [0.1, 0.15) is 64.1 Å². The quantitative estimate of drug-likeness (QED) is 0.766. The maximum Gasteiger partial charge on any atom is 0.336 e.